The van der Waals surface area contributed by atoms with Gasteiger partial charge in [-0.3, -0.25) is 0 Å². The van der Waals surface area contributed by atoms with Crippen LogP contribution in [0.5, 0.6) is 5.75 Å². The molecular formula is C11H18ClFN2O. The van der Waals surface area contributed by atoms with Gasteiger partial charge in [0.1, 0.15) is 11.6 Å². The lowest BCUT2D eigenvalue weighted by Gasteiger charge is -2.12. The average molecular weight is 249 g/mol. The van der Waals surface area contributed by atoms with E-state index >= 15 is 0 Å². The standard InChI is InChI=1S/C11H17FN2O.ClH/c12-10-7-8(15)4-5-9(10)11(14)3-1-2-6-13;/h4-5,7,11,15H,1-3,6,13-14H2;1H/t11-;/m1./s1. The quantitative estimate of drug-likeness (QED) is 0.699. The maximum absolute atomic E-state index is 13.3. The van der Waals surface area contributed by atoms with E-state index in [1.807, 2.05) is 0 Å². The molecule has 1 aromatic rings. The first-order valence-electron chi connectivity index (χ1n) is 5.09. The number of phenolic OH excluding ortho intramolecular Hbond substituents is 1. The Morgan fingerprint density at radius 2 is 2.00 bits per heavy atom. The van der Waals surface area contributed by atoms with E-state index in [1.54, 1.807) is 0 Å². The first kappa shape index (κ1) is 15.2. The van der Waals surface area contributed by atoms with Gasteiger partial charge in [-0.05, 0) is 25.5 Å². The maximum Gasteiger partial charge on any atom is 0.131 e. The Hall–Kier alpha value is -0.840. The van der Waals surface area contributed by atoms with Crippen molar-refractivity contribution in [3.8, 4) is 5.75 Å². The summed E-state index contributed by atoms with van der Waals surface area (Å²) in [6.07, 6.45) is 2.49. The van der Waals surface area contributed by atoms with Crippen molar-refractivity contribution in [1.29, 1.82) is 0 Å². The van der Waals surface area contributed by atoms with Crippen LogP contribution < -0.4 is 11.5 Å². The maximum atomic E-state index is 13.3. The number of hydrogen-bond donors (Lipinski definition) is 3. The number of halogens is 2. The van der Waals surface area contributed by atoms with Gasteiger partial charge in [-0.2, -0.15) is 0 Å². The van der Waals surface area contributed by atoms with Gasteiger partial charge in [-0.25, -0.2) is 4.39 Å². The summed E-state index contributed by atoms with van der Waals surface area (Å²) in [7, 11) is 0. The molecule has 0 unspecified atom stereocenters. The van der Waals surface area contributed by atoms with Crippen LogP contribution in [0.25, 0.3) is 0 Å². The topological polar surface area (TPSA) is 72.3 Å². The second-order valence-electron chi connectivity index (χ2n) is 3.60. The van der Waals surface area contributed by atoms with Crippen LogP contribution in [0.1, 0.15) is 30.9 Å². The third kappa shape index (κ3) is 4.35. The van der Waals surface area contributed by atoms with Crippen molar-refractivity contribution in [3.63, 3.8) is 0 Å². The van der Waals surface area contributed by atoms with Crippen molar-refractivity contribution in [1.82, 2.24) is 0 Å². The zero-order valence-corrected chi connectivity index (χ0v) is 9.84. The largest absolute Gasteiger partial charge is 0.508 e. The molecule has 0 aliphatic heterocycles. The van der Waals surface area contributed by atoms with Gasteiger partial charge in [-0.15, -0.1) is 12.4 Å². The van der Waals surface area contributed by atoms with Gasteiger partial charge in [-0.1, -0.05) is 12.5 Å². The minimum atomic E-state index is -0.449. The normalized spacial score (nSPS) is 11.9. The summed E-state index contributed by atoms with van der Waals surface area (Å²) in [6.45, 7) is 0.630. The lowest BCUT2D eigenvalue weighted by molar-refractivity contribution is 0.465. The molecule has 0 aliphatic rings. The van der Waals surface area contributed by atoms with Crippen LogP contribution in [0.4, 0.5) is 4.39 Å². The molecule has 0 aliphatic carbocycles. The van der Waals surface area contributed by atoms with Crippen molar-refractivity contribution < 1.29 is 9.50 Å². The first-order chi connectivity index (χ1) is 7.15. The zero-order chi connectivity index (χ0) is 11.3. The number of hydrogen-bond acceptors (Lipinski definition) is 3. The summed E-state index contributed by atoms with van der Waals surface area (Å²) in [5, 5.41) is 9.04. The molecule has 16 heavy (non-hydrogen) atoms. The van der Waals surface area contributed by atoms with Crippen LogP contribution in [-0.4, -0.2) is 11.7 Å². The third-order valence-electron chi connectivity index (χ3n) is 2.35. The highest BCUT2D eigenvalue weighted by molar-refractivity contribution is 5.85. The van der Waals surface area contributed by atoms with E-state index in [-0.39, 0.29) is 24.2 Å². The molecular weight excluding hydrogens is 231 g/mol. The van der Waals surface area contributed by atoms with Gasteiger partial charge in [0.15, 0.2) is 0 Å². The van der Waals surface area contributed by atoms with E-state index in [4.69, 9.17) is 16.6 Å². The van der Waals surface area contributed by atoms with Gasteiger partial charge < -0.3 is 16.6 Å². The van der Waals surface area contributed by atoms with Crippen LogP contribution in [0.15, 0.2) is 18.2 Å². The van der Waals surface area contributed by atoms with Crippen LogP contribution >= 0.6 is 12.4 Å². The molecule has 3 nitrogen and oxygen atoms in total. The molecule has 1 rings (SSSR count). The van der Waals surface area contributed by atoms with Crippen molar-refractivity contribution in [2.24, 2.45) is 11.5 Å². The predicted molar refractivity (Wildman–Crippen MR) is 65.1 cm³/mol. The van der Waals surface area contributed by atoms with Crippen molar-refractivity contribution in [2.75, 3.05) is 6.54 Å². The van der Waals surface area contributed by atoms with Gasteiger partial charge >= 0.3 is 0 Å². The monoisotopic (exact) mass is 248 g/mol. The van der Waals surface area contributed by atoms with E-state index < -0.39 is 5.82 Å². The van der Waals surface area contributed by atoms with E-state index in [1.165, 1.54) is 12.1 Å². The number of nitrogens with two attached hydrogens (primary N) is 2. The third-order valence-corrected chi connectivity index (χ3v) is 2.35. The summed E-state index contributed by atoms with van der Waals surface area (Å²) in [4.78, 5) is 0. The Bertz CT molecular complexity index is 323. The summed E-state index contributed by atoms with van der Waals surface area (Å²) in [5.41, 5.74) is 11.6. The Labute approximate surface area is 101 Å². The second-order valence-corrected chi connectivity index (χ2v) is 3.60. The van der Waals surface area contributed by atoms with E-state index in [9.17, 15) is 4.39 Å². The van der Waals surface area contributed by atoms with Crippen molar-refractivity contribution >= 4 is 12.4 Å². The van der Waals surface area contributed by atoms with Gasteiger partial charge in [0, 0.05) is 17.7 Å². The number of phenols is 1. The molecule has 0 saturated carbocycles. The van der Waals surface area contributed by atoms with Crippen LogP contribution in [0, 0.1) is 5.82 Å². The van der Waals surface area contributed by atoms with E-state index in [2.05, 4.69) is 0 Å². The SMILES string of the molecule is Cl.NCCCC[C@@H](N)c1ccc(O)cc1F. The first-order valence-corrected chi connectivity index (χ1v) is 5.09. The summed E-state index contributed by atoms with van der Waals surface area (Å²) >= 11 is 0. The Kier molecular flexibility index (Phi) is 7.05. The summed E-state index contributed by atoms with van der Waals surface area (Å²) < 4.78 is 13.3. The van der Waals surface area contributed by atoms with Crippen LogP contribution in [0.3, 0.4) is 0 Å². The van der Waals surface area contributed by atoms with Gasteiger partial charge in [0.05, 0.1) is 0 Å². The van der Waals surface area contributed by atoms with Crippen molar-refractivity contribution in [3.05, 3.63) is 29.6 Å². The van der Waals surface area contributed by atoms with Gasteiger partial charge in [0.25, 0.3) is 0 Å². The lowest BCUT2D eigenvalue weighted by atomic mass is 10.0. The molecule has 0 heterocycles. The van der Waals surface area contributed by atoms with E-state index in [0.717, 1.165) is 18.9 Å². The van der Waals surface area contributed by atoms with Crippen LogP contribution in [-0.2, 0) is 0 Å². The Morgan fingerprint density at radius 3 is 2.56 bits per heavy atom. The molecule has 5 heteroatoms. The second kappa shape index (κ2) is 7.44. The molecule has 92 valence electrons. The fourth-order valence-electron chi connectivity index (χ4n) is 1.48. The number of aromatic hydroxyl groups is 1. The zero-order valence-electron chi connectivity index (χ0n) is 9.03. The molecule has 5 N–H and O–H groups in total. The number of unbranched alkanes of at least 4 members (excludes halogenated alkanes) is 1. The molecule has 1 atom stereocenters. The lowest BCUT2D eigenvalue weighted by Crippen LogP contribution is -2.12. The minimum absolute atomic E-state index is 0. The highest BCUT2D eigenvalue weighted by Crippen LogP contribution is 2.22. The molecule has 0 aromatic heterocycles. The highest BCUT2D eigenvalue weighted by atomic mass is 35.5. The molecule has 0 bridgehead atoms. The predicted octanol–water partition coefficient (Wildman–Crippen LogP) is 2.08. The smallest absolute Gasteiger partial charge is 0.131 e. The molecule has 1 aromatic carbocycles. The Morgan fingerprint density at radius 1 is 1.31 bits per heavy atom. The van der Waals surface area contributed by atoms with Crippen molar-refractivity contribution in [2.45, 2.75) is 25.3 Å². The fraction of sp³-hybridized carbons (Fsp3) is 0.455. The number of rotatable bonds is 5. The molecule has 0 spiro atoms. The summed E-state index contributed by atoms with van der Waals surface area (Å²) in [6, 6.07) is 3.73. The molecule has 0 amide bonds. The molecule has 0 fully saturated rings. The Balaban J connectivity index is 0.00000225. The molecule has 0 radical (unpaired) electrons. The fourth-order valence-corrected chi connectivity index (χ4v) is 1.48. The van der Waals surface area contributed by atoms with Gasteiger partial charge in [0.2, 0.25) is 0 Å². The summed E-state index contributed by atoms with van der Waals surface area (Å²) in [5.74, 6) is -0.527. The molecule has 0 saturated heterocycles. The number of benzene rings is 1. The van der Waals surface area contributed by atoms with E-state index in [0.29, 0.717) is 18.5 Å². The highest BCUT2D eigenvalue weighted by Gasteiger charge is 2.11. The average Bonchev–Trinajstić information content (AvgIpc) is 2.17. The minimum Gasteiger partial charge on any atom is -0.508 e. The van der Waals surface area contributed by atoms with Crippen LogP contribution in [0.2, 0.25) is 0 Å².